The molecule has 0 aromatic carbocycles. The second kappa shape index (κ2) is 3.43. The van der Waals surface area contributed by atoms with Crippen LogP contribution in [0.2, 0.25) is 0 Å². The summed E-state index contributed by atoms with van der Waals surface area (Å²) in [5, 5.41) is 9.78. The van der Waals surface area contributed by atoms with Gasteiger partial charge in [-0.3, -0.25) is 0 Å². The molecule has 80 valence electrons. The molecule has 0 amide bonds. The summed E-state index contributed by atoms with van der Waals surface area (Å²) in [5.74, 6) is 1.86. The minimum atomic E-state index is -0.663. The van der Waals surface area contributed by atoms with Gasteiger partial charge in [-0.25, -0.2) is 0 Å². The average molecular weight is 196 g/mol. The van der Waals surface area contributed by atoms with E-state index in [0.717, 1.165) is 11.5 Å². The van der Waals surface area contributed by atoms with Crippen LogP contribution in [0.25, 0.3) is 0 Å². The van der Waals surface area contributed by atoms with Crippen molar-refractivity contribution in [3.05, 3.63) is 23.7 Å². The monoisotopic (exact) mass is 196 g/mol. The molecule has 0 atom stereocenters. The van der Waals surface area contributed by atoms with Crippen LogP contribution in [-0.2, 0) is 5.41 Å². The first-order chi connectivity index (χ1) is 6.21. The van der Waals surface area contributed by atoms with E-state index in [9.17, 15) is 5.11 Å². The number of aliphatic hydroxyl groups is 1. The summed E-state index contributed by atoms with van der Waals surface area (Å²) >= 11 is 0. The van der Waals surface area contributed by atoms with Crippen molar-refractivity contribution in [1.29, 1.82) is 0 Å². The quantitative estimate of drug-likeness (QED) is 0.806. The van der Waals surface area contributed by atoms with Gasteiger partial charge in [-0.2, -0.15) is 0 Å². The predicted molar refractivity (Wildman–Crippen MR) is 57.4 cm³/mol. The van der Waals surface area contributed by atoms with Crippen molar-refractivity contribution >= 4 is 0 Å². The molecule has 1 heterocycles. The van der Waals surface area contributed by atoms with Crippen molar-refractivity contribution < 1.29 is 9.52 Å². The Hall–Kier alpha value is -0.760. The molecule has 1 aromatic rings. The van der Waals surface area contributed by atoms with Gasteiger partial charge >= 0.3 is 0 Å². The Kier molecular flexibility index (Phi) is 2.77. The SMILES string of the molecule is Cc1ccc(C(C)(C)CC(C)(C)O)o1. The summed E-state index contributed by atoms with van der Waals surface area (Å²) in [5.41, 5.74) is -0.781. The maximum absolute atomic E-state index is 9.78. The smallest absolute Gasteiger partial charge is 0.109 e. The van der Waals surface area contributed by atoms with Crippen molar-refractivity contribution in [2.75, 3.05) is 0 Å². The molecule has 1 N–H and O–H groups in total. The minimum absolute atomic E-state index is 0.119. The molecular weight excluding hydrogens is 176 g/mol. The third-order valence-electron chi connectivity index (χ3n) is 2.28. The topological polar surface area (TPSA) is 33.4 Å². The van der Waals surface area contributed by atoms with Gasteiger partial charge in [-0.15, -0.1) is 0 Å². The van der Waals surface area contributed by atoms with E-state index >= 15 is 0 Å². The highest BCUT2D eigenvalue weighted by Gasteiger charge is 2.30. The maximum atomic E-state index is 9.78. The Labute approximate surface area is 85.9 Å². The molecule has 1 rings (SSSR count). The minimum Gasteiger partial charge on any atom is -0.466 e. The third kappa shape index (κ3) is 2.88. The first-order valence-corrected chi connectivity index (χ1v) is 5.00. The van der Waals surface area contributed by atoms with E-state index in [1.165, 1.54) is 0 Å². The molecule has 0 radical (unpaired) electrons. The molecule has 2 heteroatoms. The highest BCUT2D eigenvalue weighted by Crippen LogP contribution is 2.32. The number of hydrogen-bond acceptors (Lipinski definition) is 2. The number of rotatable bonds is 3. The van der Waals surface area contributed by atoms with Gasteiger partial charge in [0.25, 0.3) is 0 Å². The van der Waals surface area contributed by atoms with E-state index in [1.54, 1.807) is 0 Å². The Morgan fingerprint density at radius 2 is 1.79 bits per heavy atom. The van der Waals surface area contributed by atoms with Gasteiger partial charge in [-0.1, -0.05) is 13.8 Å². The van der Waals surface area contributed by atoms with Crippen molar-refractivity contribution in [3.63, 3.8) is 0 Å². The van der Waals surface area contributed by atoms with Crippen LogP contribution in [-0.4, -0.2) is 10.7 Å². The average Bonchev–Trinajstić information content (AvgIpc) is 2.29. The van der Waals surface area contributed by atoms with Crippen LogP contribution in [0, 0.1) is 6.92 Å². The molecule has 0 fully saturated rings. The van der Waals surface area contributed by atoms with Crippen molar-refractivity contribution in [2.24, 2.45) is 0 Å². The fraction of sp³-hybridized carbons (Fsp3) is 0.667. The number of aryl methyl sites for hydroxylation is 1. The standard InChI is InChI=1S/C12H20O2/c1-9-6-7-10(14-9)11(2,3)8-12(4,5)13/h6-7,13H,8H2,1-5H3. The van der Waals surface area contributed by atoms with Crippen LogP contribution in [0.1, 0.15) is 45.6 Å². The highest BCUT2D eigenvalue weighted by molar-refractivity contribution is 5.15. The van der Waals surface area contributed by atoms with Crippen LogP contribution in [0.3, 0.4) is 0 Å². The summed E-state index contributed by atoms with van der Waals surface area (Å²) in [4.78, 5) is 0. The summed E-state index contributed by atoms with van der Waals surface area (Å²) < 4.78 is 5.58. The van der Waals surface area contributed by atoms with E-state index in [4.69, 9.17) is 4.42 Å². The Morgan fingerprint density at radius 1 is 1.21 bits per heavy atom. The third-order valence-corrected chi connectivity index (χ3v) is 2.28. The molecule has 0 spiro atoms. The molecule has 0 saturated carbocycles. The zero-order valence-corrected chi connectivity index (χ0v) is 9.72. The normalized spacial score (nSPS) is 13.3. The van der Waals surface area contributed by atoms with Gasteiger partial charge in [0.05, 0.1) is 5.60 Å². The molecule has 1 aromatic heterocycles. The Balaban J connectivity index is 2.85. The molecule has 0 aliphatic rings. The lowest BCUT2D eigenvalue weighted by molar-refractivity contribution is 0.0459. The molecule has 0 aliphatic carbocycles. The van der Waals surface area contributed by atoms with Crippen LogP contribution in [0.5, 0.6) is 0 Å². The van der Waals surface area contributed by atoms with Gasteiger partial charge in [0.15, 0.2) is 0 Å². The molecule has 0 bridgehead atoms. The second-order valence-electron chi connectivity index (χ2n) is 5.28. The lowest BCUT2D eigenvalue weighted by Crippen LogP contribution is -2.30. The molecule has 0 saturated heterocycles. The summed E-state index contributed by atoms with van der Waals surface area (Å²) in [6, 6.07) is 3.95. The Morgan fingerprint density at radius 3 is 2.14 bits per heavy atom. The van der Waals surface area contributed by atoms with E-state index in [1.807, 2.05) is 32.9 Å². The zero-order valence-electron chi connectivity index (χ0n) is 9.72. The number of furan rings is 1. The zero-order chi connectivity index (χ0) is 11.0. The van der Waals surface area contributed by atoms with E-state index in [2.05, 4.69) is 13.8 Å². The van der Waals surface area contributed by atoms with Crippen molar-refractivity contribution in [2.45, 2.75) is 52.1 Å². The first kappa shape index (κ1) is 11.3. The van der Waals surface area contributed by atoms with E-state index in [-0.39, 0.29) is 5.41 Å². The first-order valence-electron chi connectivity index (χ1n) is 5.00. The summed E-state index contributed by atoms with van der Waals surface area (Å²) in [6.45, 7) is 9.76. The molecule has 0 unspecified atom stereocenters. The molecular formula is C12H20O2. The lowest BCUT2D eigenvalue weighted by Gasteiger charge is -2.29. The maximum Gasteiger partial charge on any atom is 0.109 e. The lowest BCUT2D eigenvalue weighted by atomic mass is 9.80. The van der Waals surface area contributed by atoms with E-state index in [0.29, 0.717) is 6.42 Å². The van der Waals surface area contributed by atoms with Crippen molar-refractivity contribution in [1.82, 2.24) is 0 Å². The van der Waals surface area contributed by atoms with Crippen molar-refractivity contribution in [3.8, 4) is 0 Å². The number of hydrogen-bond donors (Lipinski definition) is 1. The molecule has 0 aliphatic heterocycles. The van der Waals surface area contributed by atoms with Gasteiger partial charge in [0.2, 0.25) is 0 Å². The van der Waals surface area contributed by atoms with Crippen LogP contribution >= 0.6 is 0 Å². The van der Waals surface area contributed by atoms with Crippen LogP contribution in [0.15, 0.2) is 16.5 Å². The molecule has 14 heavy (non-hydrogen) atoms. The van der Waals surface area contributed by atoms with E-state index < -0.39 is 5.60 Å². The van der Waals surface area contributed by atoms with Gasteiger partial charge in [-0.05, 0) is 39.3 Å². The fourth-order valence-corrected chi connectivity index (χ4v) is 1.97. The van der Waals surface area contributed by atoms with Gasteiger partial charge in [0, 0.05) is 5.41 Å². The van der Waals surface area contributed by atoms with Crippen LogP contribution in [0.4, 0.5) is 0 Å². The summed E-state index contributed by atoms with van der Waals surface area (Å²) in [6.07, 6.45) is 0.687. The van der Waals surface area contributed by atoms with Crippen LogP contribution < -0.4 is 0 Å². The predicted octanol–water partition coefficient (Wildman–Crippen LogP) is 3.03. The highest BCUT2D eigenvalue weighted by atomic mass is 16.3. The summed E-state index contributed by atoms with van der Waals surface area (Å²) in [7, 11) is 0. The second-order valence-corrected chi connectivity index (χ2v) is 5.28. The largest absolute Gasteiger partial charge is 0.466 e. The van der Waals surface area contributed by atoms with Gasteiger partial charge in [0.1, 0.15) is 11.5 Å². The van der Waals surface area contributed by atoms with Gasteiger partial charge < -0.3 is 9.52 Å². The Bertz CT molecular complexity index is 302. The molecule has 2 nitrogen and oxygen atoms in total. The fourth-order valence-electron chi connectivity index (χ4n) is 1.97.